The predicted molar refractivity (Wildman–Crippen MR) is 122 cm³/mol. The molecule has 0 saturated heterocycles. The van der Waals surface area contributed by atoms with Crippen LogP contribution in [0, 0.1) is 6.92 Å². The number of aromatic nitrogens is 3. The van der Waals surface area contributed by atoms with Crippen LogP contribution in [-0.2, 0) is 16.0 Å². The maximum atomic E-state index is 13.1. The molecule has 0 spiro atoms. The maximum absolute atomic E-state index is 13.1. The van der Waals surface area contributed by atoms with Gasteiger partial charge >= 0.3 is 0 Å². The van der Waals surface area contributed by atoms with Crippen LogP contribution in [0.3, 0.4) is 0 Å². The van der Waals surface area contributed by atoms with E-state index in [1.165, 1.54) is 6.20 Å². The first-order valence-corrected chi connectivity index (χ1v) is 10.9. The van der Waals surface area contributed by atoms with E-state index in [-0.39, 0.29) is 12.1 Å². The summed E-state index contributed by atoms with van der Waals surface area (Å²) in [6.45, 7) is 1.75. The second kappa shape index (κ2) is 9.11. The third-order valence-electron chi connectivity index (χ3n) is 5.18. The van der Waals surface area contributed by atoms with Crippen molar-refractivity contribution >= 4 is 39.0 Å². The van der Waals surface area contributed by atoms with E-state index in [1.54, 1.807) is 47.2 Å². The molecular weight excluding hydrogens is 426 g/mol. The highest BCUT2D eigenvalue weighted by atomic mass is 32.1. The van der Waals surface area contributed by atoms with Gasteiger partial charge in [-0.2, -0.15) is 0 Å². The van der Waals surface area contributed by atoms with E-state index in [0.717, 1.165) is 15.6 Å². The smallest absolute Gasteiger partial charge is 0.287 e. The van der Waals surface area contributed by atoms with Gasteiger partial charge < -0.3 is 11.1 Å². The van der Waals surface area contributed by atoms with Gasteiger partial charge in [-0.1, -0.05) is 24.3 Å². The summed E-state index contributed by atoms with van der Waals surface area (Å²) in [5.41, 5.74) is 6.52. The first kappa shape index (κ1) is 21.4. The number of nitrogens with one attached hydrogen (secondary N) is 1. The molecule has 4 aromatic rings. The van der Waals surface area contributed by atoms with Crippen LogP contribution in [0.4, 0.5) is 0 Å². The summed E-state index contributed by atoms with van der Waals surface area (Å²) in [5.74, 6) is -1.36. The van der Waals surface area contributed by atoms with E-state index in [0.29, 0.717) is 18.1 Å². The number of fused-ring (bicyclic) bond motifs is 1. The van der Waals surface area contributed by atoms with Crippen molar-refractivity contribution in [2.45, 2.75) is 25.8 Å². The minimum absolute atomic E-state index is 0.212. The average Bonchev–Trinajstić information content (AvgIpc) is 3.40. The lowest BCUT2D eigenvalue weighted by Crippen LogP contribution is -2.46. The van der Waals surface area contributed by atoms with Crippen LogP contribution in [0.15, 0.2) is 60.2 Å². The minimum Gasteiger partial charge on any atom is -0.363 e. The van der Waals surface area contributed by atoms with E-state index >= 15 is 0 Å². The van der Waals surface area contributed by atoms with Gasteiger partial charge in [-0.25, -0.2) is 9.97 Å². The molecule has 0 aliphatic heterocycles. The number of thiophene rings is 1. The fourth-order valence-corrected chi connectivity index (χ4v) is 4.58. The van der Waals surface area contributed by atoms with Crippen molar-refractivity contribution in [3.63, 3.8) is 0 Å². The molecule has 3 aromatic heterocycles. The van der Waals surface area contributed by atoms with E-state index in [1.807, 2.05) is 29.6 Å². The molecule has 162 valence electrons. The topological polar surface area (TPSA) is 120 Å². The van der Waals surface area contributed by atoms with Crippen LogP contribution >= 0.6 is 11.3 Å². The number of nitrogens with two attached hydrogens (primary N) is 1. The van der Waals surface area contributed by atoms with Gasteiger partial charge in [0.25, 0.3) is 11.8 Å². The summed E-state index contributed by atoms with van der Waals surface area (Å²) in [7, 11) is 0. The number of ketones is 1. The number of hydrogen-bond acceptors (Lipinski definition) is 6. The van der Waals surface area contributed by atoms with Crippen LogP contribution in [0.2, 0.25) is 0 Å². The number of primary amides is 1. The number of Topliss-reactive ketones (excluding diaryl/α,β-unsaturated/α-hetero) is 1. The Hall–Kier alpha value is -3.85. The zero-order valence-corrected chi connectivity index (χ0v) is 18.1. The zero-order valence-electron chi connectivity index (χ0n) is 17.3. The molecule has 0 radical (unpaired) electrons. The van der Waals surface area contributed by atoms with E-state index < -0.39 is 23.6 Å². The first-order valence-electron chi connectivity index (χ1n) is 10.0. The summed E-state index contributed by atoms with van der Waals surface area (Å²) < 4.78 is 2.73. The lowest BCUT2D eigenvalue weighted by molar-refractivity contribution is -0.137. The van der Waals surface area contributed by atoms with Crippen molar-refractivity contribution in [3.8, 4) is 5.82 Å². The van der Waals surface area contributed by atoms with E-state index in [9.17, 15) is 14.4 Å². The monoisotopic (exact) mass is 447 g/mol. The highest BCUT2D eigenvalue weighted by Gasteiger charge is 2.27. The molecule has 9 heteroatoms. The Bertz CT molecular complexity index is 1300. The number of benzene rings is 1. The molecule has 0 fully saturated rings. The Morgan fingerprint density at radius 1 is 1.12 bits per heavy atom. The van der Waals surface area contributed by atoms with Crippen molar-refractivity contribution in [1.82, 2.24) is 19.9 Å². The van der Waals surface area contributed by atoms with Crippen molar-refractivity contribution in [3.05, 3.63) is 77.3 Å². The molecular formula is C23H21N5O3S. The number of nitrogens with zero attached hydrogens (tertiary/aromatic N) is 3. The molecule has 1 atom stereocenters. The predicted octanol–water partition coefficient (Wildman–Crippen LogP) is 2.58. The fraction of sp³-hybridized carbons (Fsp3) is 0.174. The van der Waals surface area contributed by atoms with E-state index in [2.05, 4.69) is 15.3 Å². The Labute approximate surface area is 188 Å². The lowest BCUT2D eigenvalue weighted by atomic mass is 10.0. The average molecular weight is 448 g/mol. The number of aryl methyl sites for hydroxylation is 2. The third kappa shape index (κ3) is 4.28. The van der Waals surface area contributed by atoms with Crippen LogP contribution in [-0.4, -0.2) is 38.2 Å². The Morgan fingerprint density at radius 3 is 2.66 bits per heavy atom. The van der Waals surface area contributed by atoms with Gasteiger partial charge in [0.1, 0.15) is 17.3 Å². The number of imidazole rings is 1. The number of rotatable bonds is 8. The molecule has 32 heavy (non-hydrogen) atoms. The molecule has 1 aromatic carbocycles. The summed E-state index contributed by atoms with van der Waals surface area (Å²) in [5, 5.41) is 5.79. The summed E-state index contributed by atoms with van der Waals surface area (Å²) in [6.07, 6.45) is 3.77. The SMILES string of the molecule is Cc1ncc(C(=O)NC(CCc2csc3ccccc23)C(=O)C(N)=O)n1-c1ccccn1. The zero-order chi connectivity index (χ0) is 22.7. The minimum atomic E-state index is -1.08. The third-order valence-corrected chi connectivity index (χ3v) is 6.19. The van der Waals surface area contributed by atoms with Crippen LogP contribution in [0.25, 0.3) is 15.9 Å². The number of carbonyl (C=O) groups is 3. The van der Waals surface area contributed by atoms with Crippen LogP contribution in [0.5, 0.6) is 0 Å². The maximum Gasteiger partial charge on any atom is 0.287 e. The van der Waals surface area contributed by atoms with Crippen molar-refractivity contribution in [1.29, 1.82) is 0 Å². The Kier molecular flexibility index (Phi) is 6.09. The second-order valence-corrected chi connectivity index (χ2v) is 8.18. The van der Waals surface area contributed by atoms with Crippen molar-refractivity contribution in [2.24, 2.45) is 5.73 Å². The van der Waals surface area contributed by atoms with Gasteiger partial charge in [0.2, 0.25) is 5.78 Å². The fourth-order valence-electron chi connectivity index (χ4n) is 3.58. The molecule has 0 aliphatic rings. The van der Waals surface area contributed by atoms with Gasteiger partial charge in [0.05, 0.1) is 12.2 Å². The Balaban J connectivity index is 1.57. The Morgan fingerprint density at radius 2 is 1.91 bits per heavy atom. The first-order chi connectivity index (χ1) is 15.5. The summed E-state index contributed by atoms with van der Waals surface area (Å²) in [6, 6.07) is 12.2. The highest BCUT2D eigenvalue weighted by molar-refractivity contribution is 7.17. The number of carbonyl (C=O) groups excluding carboxylic acids is 3. The lowest BCUT2D eigenvalue weighted by Gasteiger charge is -2.17. The number of amides is 2. The van der Waals surface area contributed by atoms with E-state index in [4.69, 9.17) is 5.73 Å². The molecule has 0 bridgehead atoms. The molecule has 2 amide bonds. The highest BCUT2D eigenvalue weighted by Crippen LogP contribution is 2.27. The normalized spacial score (nSPS) is 11.9. The molecule has 4 rings (SSSR count). The van der Waals surface area contributed by atoms with Gasteiger partial charge in [-0.3, -0.25) is 19.0 Å². The molecule has 8 nitrogen and oxygen atoms in total. The quantitative estimate of drug-likeness (QED) is 0.402. The van der Waals surface area contributed by atoms with Crippen LogP contribution < -0.4 is 11.1 Å². The number of hydrogen-bond donors (Lipinski definition) is 2. The summed E-state index contributed by atoms with van der Waals surface area (Å²) >= 11 is 1.61. The molecule has 0 saturated carbocycles. The molecule has 1 unspecified atom stereocenters. The van der Waals surface area contributed by atoms with Gasteiger partial charge in [0.15, 0.2) is 0 Å². The van der Waals surface area contributed by atoms with Crippen molar-refractivity contribution in [2.75, 3.05) is 0 Å². The molecule has 3 heterocycles. The van der Waals surface area contributed by atoms with Crippen molar-refractivity contribution < 1.29 is 14.4 Å². The van der Waals surface area contributed by atoms with Gasteiger partial charge in [-0.15, -0.1) is 11.3 Å². The molecule has 0 aliphatic carbocycles. The molecule has 3 N–H and O–H groups in total. The second-order valence-electron chi connectivity index (χ2n) is 7.26. The van der Waals surface area contributed by atoms with Gasteiger partial charge in [-0.05, 0) is 54.3 Å². The standard InChI is InChI=1S/C23H21N5O3S/c1-14-26-12-18(28(14)20-8-4-5-11-25-20)23(31)27-17(21(29)22(24)30)10-9-15-13-32-19-7-3-2-6-16(15)19/h2-8,11-13,17H,9-10H2,1H3,(H2,24,30)(H,27,31). The summed E-state index contributed by atoms with van der Waals surface area (Å²) in [4.78, 5) is 45.6. The number of pyridine rings is 1. The van der Waals surface area contributed by atoms with Gasteiger partial charge in [0, 0.05) is 10.9 Å². The van der Waals surface area contributed by atoms with Crippen LogP contribution in [0.1, 0.15) is 28.3 Å². The largest absolute Gasteiger partial charge is 0.363 e.